The minimum absolute atomic E-state index is 0.00948. The number of carbonyl (C=O) groups is 2. The summed E-state index contributed by atoms with van der Waals surface area (Å²) in [5.74, 6) is 0.0504. The quantitative estimate of drug-likeness (QED) is 0.786. The van der Waals surface area contributed by atoms with Gasteiger partial charge in [0.2, 0.25) is 11.8 Å². The fourth-order valence-corrected chi connectivity index (χ4v) is 2.82. The van der Waals surface area contributed by atoms with Crippen molar-refractivity contribution in [2.75, 3.05) is 26.2 Å². The lowest BCUT2D eigenvalue weighted by molar-refractivity contribution is -0.133. The van der Waals surface area contributed by atoms with Crippen LogP contribution in [0.25, 0.3) is 0 Å². The first-order valence-corrected chi connectivity index (χ1v) is 7.53. The molecular weight excluding hydrogens is 242 g/mol. The number of piperidine rings is 2. The summed E-state index contributed by atoms with van der Waals surface area (Å²) in [6.07, 6.45) is 7.34. The fraction of sp³-hybridized carbons (Fsp3) is 0.857. The maximum atomic E-state index is 11.9. The summed E-state index contributed by atoms with van der Waals surface area (Å²) in [6, 6.07) is 0.291. The van der Waals surface area contributed by atoms with E-state index in [1.54, 1.807) is 0 Å². The van der Waals surface area contributed by atoms with Gasteiger partial charge in [0.25, 0.3) is 0 Å². The first-order valence-electron chi connectivity index (χ1n) is 7.53. The molecule has 2 heterocycles. The Bertz CT molecular complexity index is 308. The molecule has 2 amide bonds. The van der Waals surface area contributed by atoms with Crippen LogP contribution in [0.4, 0.5) is 0 Å². The molecule has 2 rings (SSSR count). The van der Waals surface area contributed by atoms with Gasteiger partial charge in [0.05, 0.1) is 6.54 Å². The number of nitrogens with zero attached hydrogens (tertiary/aromatic N) is 1. The Morgan fingerprint density at radius 3 is 2.58 bits per heavy atom. The zero-order valence-corrected chi connectivity index (χ0v) is 11.6. The highest BCUT2D eigenvalue weighted by atomic mass is 16.2. The van der Waals surface area contributed by atoms with E-state index in [0.717, 1.165) is 38.9 Å². The van der Waals surface area contributed by atoms with Crippen LogP contribution in [0.3, 0.4) is 0 Å². The Kier molecular flexibility index (Phi) is 5.63. The van der Waals surface area contributed by atoms with E-state index in [-0.39, 0.29) is 18.4 Å². The number of hydrogen-bond acceptors (Lipinski definition) is 3. The van der Waals surface area contributed by atoms with Crippen molar-refractivity contribution >= 4 is 11.8 Å². The molecule has 0 bridgehead atoms. The monoisotopic (exact) mass is 267 g/mol. The Morgan fingerprint density at radius 2 is 1.89 bits per heavy atom. The lowest BCUT2D eigenvalue weighted by Crippen LogP contribution is -2.44. The molecule has 19 heavy (non-hydrogen) atoms. The van der Waals surface area contributed by atoms with Gasteiger partial charge in [0.1, 0.15) is 0 Å². The zero-order chi connectivity index (χ0) is 13.5. The molecule has 2 N–H and O–H groups in total. The maximum absolute atomic E-state index is 11.9. The van der Waals surface area contributed by atoms with Gasteiger partial charge in [-0.05, 0) is 38.6 Å². The first-order chi connectivity index (χ1) is 9.25. The molecule has 0 spiro atoms. The van der Waals surface area contributed by atoms with Crippen LogP contribution in [-0.2, 0) is 9.59 Å². The van der Waals surface area contributed by atoms with Gasteiger partial charge in [-0.1, -0.05) is 6.42 Å². The molecule has 0 radical (unpaired) electrons. The molecular formula is C14H25N3O2. The minimum Gasteiger partial charge on any atom is -0.347 e. The minimum atomic E-state index is -0.00948. The molecule has 0 aliphatic carbocycles. The van der Waals surface area contributed by atoms with Gasteiger partial charge in [-0.15, -0.1) is 0 Å². The second-order valence-electron chi connectivity index (χ2n) is 5.57. The van der Waals surface area contributed by atoms with Gasteiger partial charge >= 0.3 is 0 Å². The molecule has 2 fully saturated rings. The molecule has 2 aliphatic heterocycles. The Balaban J connectivity index is 1.63. The van der Waals surface area contributed by atoms with Gasteiger partial charge < -0.3 is 15.5 Å². The van der Waals surface area contributed by atoms with Crippen molar-refractivity contribution in [2.45, 2.75) is 51.0 Å². The van der Waals surface area contributed by atoms with Gasteiger partial charge in [0.15, 0.2) is 0 Å². The van der Waals surface area contributed by atoms with E-state index in [1.807, 2.05) is 4.90 Å². The summed E-state index contributed by atoms with van der Waals surface area (Å²) >= 11 is 0. The zero-order valence-electron chi connectivity index (χ0n) is 11.6. The molecule has 0 saturated carbocycles. The van der Waals surface area contributed by atoms with E-state index in [9.17, 15) is 9.59 Å². The van der Waals surface area contributed by atoms with Crippen molar-refractivity contribution in [3.8, 4) is 0 Å². The lowest BCUT2D eigenvalue weighted by atomic mass is 10.0. The van der Waals surface area contributed by atoms with E-state index < -0.39 is 0 Å². The number of rotatable bonds is 4. The van der Waals surface area contributed by atoms with Gasteiger partial charge in [-0.2, -0.15) is 0 Å². The second kappa shape index (κ2) is 7.48. The predicted octanol–water partition coefficient (Wildman–Crippen LogP) is 0.647. The number of hydrogen-bond donors (Lipinski definition) is 2. The Labute approximate surface area is 115 Å². The molecule has 2 aliphatic rings. The topological polar surface area (TPSA) is 61.4 Å². The summed E-state index contributed by atoms with van der Waals surface area (Å²) in [5, 5.41) is 6.10. The summed E-state index contributed by atoms with van der Waals surface area (Å²) in [7, 11) is 0. The van der Waals surface area contributed by atoms with Crippen LogP contribution < -0.4 is 10.6 Å². The molecule has 2 saturated heterocycles. The summed E-state index contributed by atoms with van der Waals surface area (Å²) < 4.78 is 0. The van der Waals surface area contributed by atoms with Gasteiger partial charge in [-0.25, -0.2) is 0 Å². The summed E-state index contributed by atoms with van der Waals surface area (Å²) in [4.78, 5) is 25.5. The van der Waals surface area contributed by atoms with E-state index in [4.69, 9.17) is 0 Å². The smallest absolute Gasteiger partial charge is 0.241 e. The molecule has 0 aromatic rings. The SMILES string of the molecule is O=C(CC1CCCCN1)NCC(=O)N1CCCCC1. The van der Waals surface area contributed by atoms with Crippen LogP contribution in [0.1, 0.15) is 44.9 Å². The number of nitrogens with one attached hydrogen (secondary N) is 2. The first kappa shape index (κ1) is 14.3. The standard InChI is InChI=1S/C14H25N3O2/c18-13(10-12-6-2-3-7-15-12)16-11-14(19)17-8-4-1-5-9-17/h12,15H,1-11H2,(H,16,18). The Hall–Kier alpha value is -1.10. The normalized spacial score (nSPS) is 24.0. The summed E-state index contributed by atoms with van der Waals surface area (Å²) in [6.45, 7) is 2.86. The van der Waals surface area contributed by atoms with Crippen molar-refractivity contribution in [1.29, 1.82) is 0 Å². The molecule has 0 aromatic carbocycles. The third kappa shape index (κ3) is 4.82. The molecule has 0 aromatic heterocycles. The largest absolute Gasteiger partial charge is 0.347 e. The highest BCUT2D eigenvalue weighted by Gasteiger charge is 2.19. The Morgan fingerprint density at radius 1 is 1.11 bits per heavy atom. The lowest BCUT2D eigenvalue weighted by Gasteiger charge is -2.27. The fourth-order valence-electron chi connectivity index (χ4n) is 2.82. The number of likely N-dealkylation sites (tertiary alicyclic amines) is 1. The number of amides is 2. The molecule has 1 unspecified atom stereocenters. The van der Waals surface area contributed by atoms with E-state index in [0.29, 0.717) is 12.5 Å². The van der Waals surface area contributed by atoms with Crippen LogP contribution in [0, 0.1) is 0 Å². The van der Waals surface area contributed by atoms with Crippen LogP contribution in [0.15, 0.2) is 0 Å². The van der Waals surface area contributed by atoms with Gasteiger partial charge in [-0.3, -0.25) is 9.59 Å². The van der Waals surface area contributed by atoms with Crippen molar-refractivity contribution in [3.05, 3.63) is 0 Å². The van der Waals surface area contributed by atoms with Gasteiger partial charge in [0, 0.05) is 25.6 Å². The van der Waals surface area contributed by atoms with Crippen LogP contribution in [0.5, 0.6) is 0 Å². The van der Waals surface area contributed by atoms with Crippen molar-refractivity contribution in [3.63, 3.8) is 0 Å². The summed E-state index contributed by atoms with van der Waals surface area (Å²) in [5.41, 5.74) is 0. The molecule has 108 valence electrons. The van der Waals surface area contributed by atoms with Crippen LogP contribution in [-0.4, -0.2) is 48.9 Å². The van der Waals surface area contributed by atoms with Crippen molar-refractivity contribution in [1.82, 2.24) is 15.5 Å². The van der Waals surface area contributed by atoms with E-state index in [1.165, 1.54) is 19.3 Å². The molecule has 5 nitrogen and oxygen atoms in total. The van der Waals surface area contributed by atoms with Crippen LogP contribution >= 0.6 is 0 Å². The average Bonchev–Trinajstić information content (AvgIpc) is 2.47. The van der Waals surface area contributed by atoms with Crippen molar-refractivity contribution < 1.29 is 9.59 Å². The van der Waals surface area contributed by atoms with E-state index >= 15 is 0 Å². The number of carbonyl (C=O) groups excluding carboxylic acids is 2. The van der Waals surface area contributed by atoms with E-state index in [2.05, 4.69) is 10.6 Å². The third-order valence-electron chi connectivity index (χ3n) is 3.99. The highest BCUT2D eigenvalue weighted by molar-refractivity contribution is 5.85. The second-order valence-corrected chi connectivity index (χ2v) is 5.57. The maximum Gasteiger partial charge on any atom is 0.241 e. The van der Waals surface area contributed by atoms with Crippen LogP contribution in [0.2, 0.25) is 0 Å². The molecule has 5 heteroatoms. The third-order valence-corrected chi connectivity index (χ3v) is 3.99. The van der Waals surface area contributed by atoms with Crippen molar-refractivity contribution in [2.24, 2.45) is 0 Å². The predicted molar refractivity (Wildman–Crippen MR) is 73.7 cm³/mol. The molecule has 1 atom stereocenters. The average molecular weight is 267 g/mol. The highest BCUT2D eigenvalue weighted by Crippen LogP contribution is 2.10.